The van der Waals surface area contributed by atoms with Crippen molar-refractivity contribution in [2.24, 2.45) is 0 Å². The van der Waals surface area contributed by atoms with E-state index in [4.69, 9.17) is 0 Å². The fraction of sp³-hybridized carbons (Fsp3) is 1.00. The largest absolute Gasteiger partial charge is 0.870 e. The summed E-state index contributed by atoms with van der Waals surface area (Å²) in [6.45, 7) is 2.26. The van der Waals surface area contributed by atoms with Crippen LogP contribution in [0.25, 0.3) is 0 Å². The van der Waals surface area contributed by atoms with Crippen molar-refractivity contribution >= 4 is 0 Å². The van der Waals surface area contributed by atoms with E-state index in [1.807, 2.05) is 0 Å². The van der Waals surface area contributed by atoms with Gasteiger partial charge in [0.25, 0.3) is 0 Å². The summed E-state index contributed by atoms with van der Waals surface area (Å²) in [6.07, 6.45) is 7.27. The molecule has 0 saturated carbocycles. The van der Waals surface area contributed by atoms with E-state index in [9.17, 15) is 0 Å². The summed E-state index contributed by atoms with van der Waals surface area (Å²) in [5.74, 6) is 0. The fourth-order valence-electron chi connectivity index (χ4n) is 0.729. The maximum Gasteiger partial charge on any atom is -0.870 e. The van der Waals surface area contributed by atoms with Crippen LogP contribution in [-0.4, -0.2) is 16.4 Å². The van der Waals surface area contributed by atoms with Crippen molar-refractivity contribution in [1.82, 2.24) is 0 Å². The molecule has 0 aliphatic heterocycles. The summed E-state index contributed by atoms with van der Waals surface area (Å²) in [6, 6.07) is 0. The average molecular weight is 329 g/mol. The zero-order chi connectivity index (χ0) is 6.24. The summed E-state index contributed by atoms with van der Waals surface area (Å²) in [4.78, 5) is 0. The minimum atomic E-state index is 0. The summed E-state index contributed by atoms with van der Waals surface area (Å²) in [5.41, 5.74) is 0. The van der Waals surface area contributed by atoms with E-state index in [0.29, 0.717) is 0 Å². The molecule has 11 heavy (non-hydrogen) atoms. The van der Waals surface area contributed by atoms with Crippen molar-refractivity contribution in [2.45, 2.75) is 43.2 Å². The number of unbranched alkanes of at least 4 members (excludes halogenated alkanes) is 4. The smallest absolute Gasteiger partial charge is 0.870 e. The van der Waals surface area contributed by atoms with Gasteiger partial charge in [-0.05, 0) is 0 Å². The van der Waals surface area contributed by atoms with Crippen LogP contribution >= 0.6 is 0 Å². The Kier molecular flexibility index (Phi) is 46.1. The molecule has 0 aromatic heterocycles. The van der Waals surface area contributed by atoms with Gasteiger partial charge in [-0.2, -0.15) is 0 Å². The van der Waals surface area contributed by atoms with Crippen molar-refractivity contribution in [3.63, 3.8) is 0 Å². The predicted octanol–water partition coefficient (Wildman–Crippen LogP) is 2.39. The van der Waals surface area contributed by atoms with Gasteiger partial charge in [0, 0.05) is 0 Å². The van der Waals surface area contributed by atoms with Crippen LogP contribution in [0.4, 0.5) is 0 Å². The Morgan fingerprint density at radius 1 is 0.818 bits per heavy atom. The third-order valence-electron chi connectivity index (χ3n) is 1.28. The molecule has 0 aromatic carbocycles. The summed E-state index contributed by atoms with van der Waals surface area (Å²) >= 11 is 1.41. The van der Waals surface area contributed by atoms with Gasteiger partial charge in [-0.15, -0.1) is 0 Å². The zero-order valence-corrected chi connectivity index (χ0v) is 10.7. The maximum atomic E-state index is 2.26. The molecule has 0 saturated heterocycles. The molecule has 0 radical (unpaired) electrons. The first-order chi connectivity index (χ1) is 3.91. The monoisotopic (exact) mass is 330 g/mol. The summed E-state index contributed by atoms with van der Waals surface area (Å²) in [7, 11) is 0. The first-order valence-electron chi connectivity index (χ1n) is 3.56. The number of rotatable bonds is 5. The van der Waals surface area contributed by atoms with Gasteiger partial charge in [0.1, 0.15) is 0 Å². The molecule has 0 heterocycles. The van der Waals surface area contributed by atoms with Gasteiger partial charge in [0.15, 0.2) is 0 Å². The molecule has 4 heteroatoms. The molecule has 0 unspecified atom stereocenters. The van der Waals surface area contributed by atoms with Gasteiger partial charge in [0.2, 0.25) is 0 Å². The van der Waals surface area contributed by atoms with Gasteiger partial charge in [-0.25, -0.2) is 0 Å². The van der Waals surface area contributed by atoms with E-state index >= 15 is 0 Å². The molecular formula is C7H18HfO3. The molecule has 3 nitrogen and oxygen atoms in total. The van der Waals surface area contributed by atoms with E-state index in [2.05, 4.69) is 6.92 Å². The van der Waals surface area contributed by atoms with Crippen molar-refractivity contribution in [3.8, 4) is 0 Å². The first-order valence-corrected chi connectivity index (χ1v) is 6.10. The second-order valence-electron chi connectivity index (χ2n) is 2.16. The average Bonchev–Trinajstić information content (AvgIpc) is 1.81. The second-order valence-corrected chi connectivity index (χ2v) is 3.96. The van der Waals surface area contributed by atoms with Crippen molar-refractivity contribution < 1.29 is 40.8 Å². The van der Waals surface area contributed by atoms with Gasteiger partial charge >= 0.3 is 67.6 Å². The Labute approximate surface area is 84.1 Å². The Balaban J connectivity index is -0.0000000817. The zero-order valence-electron chi connectivity index (χ0n) is 7.08. The molecule has 0 aliphatic rings. The molecule has 0 fully saturated rings. The van der Waals surface area contributed by atoms with Gasteiger partial charge < -0.3 is 16.4 Å². The van der Waals surface area contributed by atoms with Crippen LogP contribution in [0.1, 0.15) is 39.0 Å². The molecule has 68 valence electrons. The minimum absolute atomic E-state index is 0. The summed E-state index contributed by atoms with van der Waals surface area (Å²) in [5, 5.41) is 0. The van der Waals surface area contributed by atoms with Crippen LogP contribution in [0.15, 0.2) is 0 Å². The Morgan fingerprint density at radius 2 is 1.27 bits per heavy atom. The molecule has 0 aliphatic carbocycles. The molecular weight excluding hydrogens is 311 g/mol. The standard InChI is InChI=1S/C7H15.Hf.3H2O/c1-3-5-7-6-4-2;;;;/h1,3-7H2,2H3;;3*1H2/q;+3;;;/p-3. The van der Waals surface area contributed by atoms with Crippen LogP contribution < -0.4 is 0 Å². The van der Waals surface area contributed by atoms with E-state index in [0.717, 1.165) is 0 Å². The molecule has 0 aromatic rings. The Morgan fingerprint density at radius 3 is 1.64 bits per heavy atom. The molecule has 3 N–H and O–H groups in total. The van der Waals surface area contributed by atoms with Gasteiger partial charge in [-0.3, -0.25) is 0 Å². The number of hydrogen-bond donors (Lipinski definition) is 0. The molecule has 0 bridgehead atoms. The third kappa shape index (κ3) is 24.9. The van der Waals surface area contributed by atoms with Crippen molar-refractivity contribution in [3.05, 3.63) is 0 Å². The molecule has 0 atom stereocenters. The van der Waals surface area contributed by atoms with Crippen LogP contribution in [0.3, 0.4) is 0 Å². The van der Waals surface area contributed by atoms with Crippen molar-refractivity contribution in [1.29, 1.82) is 0 Å². The van der Waals surface area contributed by atoms with E-state index in [-0.39, 0.29) is 16.4 Å². The Bertz CT molecular complexity index is 38.7. The molecule has 0 spiro atoms. The molecule has 0 amide bonds. The van der Waals surface area contributed by atoms with E-state index < -0.39 is 0 Å². The van der Waals surface area contributed by atoms with E-state index in [1.165, 1.54) is 60.7 Å². The molecule has 0 rings (SSSR count). The van der Waals surface area contributed by atoms with Gasteiger partial charge in [0.05, 0.1) is 0 Å². The quantitative estimate of drug-likeness (QED) is 0.573. The van der Waals surface area contributed by atoms with Crippen LogP contribution in [0.5, 0.6) is 0 Å². The Hall–Kier alpha value is 0.750. The van der Waals surface area contributed by atoms with E-state index in [1.54, 1.807) is 0 Å². The normalized spacial score (nSPS) is 7.18. The van der Waals surface area contributed by atoms with Gasteiger partial charge in [-0.1, -0.05) is 0 Å². The predicted molar refractivity (Wildman–Crippen MR) is 39.4 cm³/mol. The van der Waals surface area contributed by atoms with Crippen LogP contribution in [0, 0.1) is 0 Å². The third-order valence-corrected chi connectivity index (χ3v) is 2.55. The number of hydrogen-bond acceptors (Lipinski definition) is 3. The maximum absolute atomic E-state index is 2.26. The first kappa shape index (κ1) is 22.6. The van der Waals surface area contributed by atoms with Crippen molar-refractivity contribution in [2.75, 3.05) is 0 Å². The topological polar surface area (TPSA) is 90.0 Å². The SMILES string of the molecule is CCCCCC[CH2][Hf+3].[OH-].[OH-].[OH-]. The summed E-state index contributed by atoms with van der Waals surface area (Å²) < 4.78 is 1.50. The van der Waals surface area contributed by atoms with Crippen LogP contribution in [-0.2, 0) is 24.4 Å². The fourth-order valence-corrected chi connectivity index (χ4v) is 1.63. The minimum Gasteiger partial charge on any atom is -0.870 e. The van der Waals surface area contributed by atoms with Crippen LogP contribution in [0.2, 0.25) is 4.18 Å². The second kappa shape index (κ2) is 22.4.